The van der Waals surface area contributed by atoms with Gasteiger partial charge in [0, 0.05) is 54.4 Å². The molecule has 4 rings (SSSR count). The number of halogens is 1. The lowest BCUT2D eigenvalue weighted by molar-refractivity contribution is 0.330. The highest BCUT2D eigenvalue weighted by atomic mass is 35.5. The van der Waals surface area contributed by atoms with E-state index >= 15 is 0 Å². The van der Waals surface area contributed by atoms with Gasteiger partial charge in [0.15, 0.2) is 0 Å². The first-order valence-electron chi connectivity index (χ1n) is 11.5. The van der Waals surface area contributed by atoms with Crippen molar-refractivity contribution in [2.75, 3.05) is 12.4 Å². The molecule has 0 aliphatic heterocycles. The summed E-state index contributed by atoms with van der Waals surface area (Å²) in [5.41, 5.74) is 3.57. The summed E-state index contributed by atoms with van der Waals surface area (Å²) in [7, 11) is 1.90. The Morgan fingerprint density at radius 3 is 2.59 bits per heavy atom. The van der Waals surface area contributed by atoms with Crippen LogP contribution in [0.1, 0.15) is 69.2 Å². The van der Waals surface area contributed by atoms with E-state index in [-0.39, 0.29) is 6.04 Å². The van der Waals surface area contributed by atoms with E-state index in [1.54, 1.807) is 6.20 Å². The van der Waals surface area contributed by atoms with Crippen molar-refractivity contribution in [1.29, 1.82) is 5.41 Å². The number of nitrogens with zero attached hydrogens (tertiary/aromatic N) is 3. The second-order valence-electron chi connectivity index (χ2n) is 8.94. The Bertz CT molecular complexity index is 929. The Hall–Kier alpha value is -2.45. The summed E-state index contributed by atoms with van der Waals surface area (Å²) in [4.78, 5) is 9.12. The number of aromatic nitrogens is 4. The SMILES string of the molecule is CN/C(CC1CC1)=C(\C=N)c1nc(NC2CCC(NC(C)c3cn[nH]c3)CC2)ncc1Cl. The van der Waals surface area contributed by atoms with Gasteiger partial charge in [-0.2, -0.15) is 5.10 Å². The molecule has 0 saturated heterocycles. The zero-order valence-corrected chi connectivity index (χ0v) is 19.5. The maximum atomic E-state index is 7.97. The molecule has 0 bridgehead atoms. The van der Waals surface area contributed by atoms with Crippen LogP contribution in [-0.4, -0.2) is 45.5 Å². The fourth-order valence-electron chi connectivity index (χ4n) is 4.42. The number of aromatic amines is 1. The first kappa shape index (κ1) is 22.7. The van der Waals surface area contributed by atoms with Crippen LogP contribution in [0.15, 0.2) is 24.3 Å². The standard InChI is InChI=1S/C23H33ClN8/c1-14(16-11-28-29-12-16)30-17-5-7-18(8-6-17)31-23-27-13-20(24)22(32-23)19(10-25)21(26-2)9-15-3-4-15/h10-15,17-18,25-26,30H,3-9H2,1-2H3,(H,28,29)(H,27,31,32)/b21-19+,25-10?. The quantitative estimate of drug-likeness (QED) is 0.340. The Morgan fingerprint density at radius 1 is 1.22 bits per heavy atom. The molecule has 0 aromatic carbocycles. The van der Waals surface area contributed by atoms with Gasteiger partial charge in [0.05, 0.1) is 23.1 Å². The molecule has 2 fully saturated rings. The molecule has 2 aliphatic rings. The fraction of sp³-hybridized carbons (Fsp3) is 0.565. The summed E-state index contributed by atoms with van der Waals surface area (Å²) >= 11 is 6.44. The van der Waals surface area contributed by atoms with E-state index < -0.39 is 0 Å². The number of anilines is 1. The summed E-state index contributed by atoms with van der Waals surface area (Å²) in [5, 5.41) is 25.8. The fourth-order valence-corrected chi connectivity index (χ4v) is 4.61. The molecule has 1 atom stereocenters. The Morgan fingerprint density at radius 2 is 1.97 bits per heavy atom. The number of allylic oxidation sites excluding steroid dienone is 2. The summed E-state index contributed by atoms with van der Waals surface area (Å²) in [6, 6.07) is 1.11. The lowest BCUT2D eigenvalue weighted by Gasteiger charge is -2.31. The Labute approximate surface area is 194 Å². The largest absolute Gasteiger partial charge is 0.391 e. The highest BCUT2D eigenvalue weighted by Crippen LogP contribution is 2.36. The molecule has 0 amide bonds. The van der Waals surface area contributed by atoms with Gasteiger partial charge < -0.3 is 21.4 Å². The third-order valence-corrected chi connectivity index (χ3v) is 6.80. The molecule has 2 aliphatic carbocycles. The van der Waals surface area contributed by atoms with Gasteiger partial charge in [-0.3, -0.25) is 5.10 Å². The van der Waals surface area contributed by atoms with Crippen LogP contribution >= 0.6 is 11.6 Å². The van der Waals surface area contributed by atoms with Crippen LogP contribution in [0.25, 0.3) is 5.57 Å². The van der Waals surface area contributed by atoms with Crippen LogP contribution in [0.4, 0.5) is 5.95 Å². The van der Waals surface area contributed by atoms with Crippen LogP contribution in [0, 0.1) is 11.3 Å². The molecule has 5 N–H and O–H groups in total. The summed E-state index contributed by atoms with van der Waals surface area (Å²) in [6.07, 6.45) is 14.5. The zero-order valence-electron chi connectivity index (χ0n) is 18.8. The van der Waals surface area contributed by atoms with E-state index in [0.29, 0.717) is 34.7 Å². The Balaban J connectivity index is 1.38. The lowest BCUT2D eigenvalue weighted by atomic mass is 9.90. The number of nitrogens with one attached hydrogen (secondary N) is 5. The minimum absolute atomic E-state index is 0.286. The van der Waals surface area contributed by atoms with Crippen molar-refractivity contribution in [3.05, 3.63) is 40.6 Å². The average molecular weight is 457 g/mol. The van der Waals surface area contributed by atoms with Crippen LogP contribution < -0.4 is 16.0 Å². The van der Waals surface area contributed by atoms with Crippen molar-refractivity contribution < 1.29 is 0 Å². The second kappa shape index (κ2) is 10.4. The normalized spacial score (nSPS) is 22.7. The first-order valence-corrected chi connectivity index (χ1v) is 11.9. The van der Waals surface area contributed by atoms with Gasteiger partial charge in [-0.1, -0.05) is 11.6 Å². The van der Waals surface area contributed by atoms with Crippen molar-refractivity contribution in [1.82, 2.24) is 30.8 Å². The van der Waals surface area contributed by atoms with Gasteiger partial charge in [0.2, 0.25) is 5.95 Å². The smallest absolute Gasteiger partial charge is 0.223 e. The molecule has 1 unspecified atom stereocenters. The molecule has 2 saturated carbocycles. The van der Waals surface area contributed by atoms with Gasteiger partial charge in [-0.25, -0.2) is 9.97 Å². The monoisotopic (exact) mass is 456 g/mol. The van der Waals surface area contributed by atoms with Crippen molar-refractivity contribution in [3.8, 4) is 0 Å². The van der Waals surface area contributed by atoms with Gasteiger partial charge in [0.1, 0.15) is 0 Å². The van der Waals surface area contributed by atoms with Crippen LogP contribution in [-0.2, 0) is 0 Å². The van der Waals surface area contributed by atoms with Crippen LogP contribution in [0.2, 0.25) is 5.02 Å². The molecular formula is C23H33ClN8. The van der Waals surface area contributed by atoms with E-state index in [0.717, 1.165) is 43.4 Å². The third-order valence-electron chi connectivity index (χ3n) is 6.53. The summed E-state index contributed by atoms with van der Waals surface area (Å²) in [5.74, 6) is 1.28. The molecule has 8 nitrogen and oxygen atoms in total. The molecular weight excluding hydrogens is 424 g/mol. The van der Waals surface area contributed by atoms with Crippen molar-refractivity contribution in [2.24, 2.45) is 5.92 Å². The predicted octanol–water partition coefficient (Wildman–Crippen LogP) is 4.31. The van der Waals surface area contributed by atoms with E-state index in [1.165, 1.54) is 24.6 Å². The first-order chi connectivity index (χ1) is 15.6. The molecule has 0 radical (unpaired) electrons. The molecule has 2 aromatic heterocycles. The lowest BCUT2D eigenvalue weighted by Crippen LogP contribution is -2.38. The van der Waals surface area contributed by atoms with Crippen molar-refractivity contribution in [3.63, 3.8) is 0 Å². The molecule has 2 aromatic rings. The van der Waals surface area contributed by atoms with Gasteiger partial charge in [0.25, 0.3) is 0 Å². The predicted molar refractivity (Wildman–Crippen MR) is 129 cm³/mol. The molecule has 2 heterocycles. The minimum Gasteiger partial charge on any atom is -0.391 e. The maximum absolute atomic E-state index is 7.97. The minimum atomic E-state index is 0.286. The number of H-pyrrole nitrogens is 1. The topological polar surface area (TPSA) is 114 Å². The van der Waals surface area contributed by atoms with E-state index in [1.807, 2.05) is 19.4 Å². The number of rotatable bonds is 10. The average Bonchev–Trinajstić information content (AvgIpc) is 3.45. The van der Waals surface area contributed by atoms with Gasteiger partial charge in [-0.15, -0.1) is 0 Å². The van der Waals surface area contributed by atoms with Crippen molar-refractivity contribution >= 4 is 29.3 Å². The van der Waals surface area contributed by atoms with Crippen molar-refractivity contribution in [2.45, 2.75) is 70.0 Å². The van der Waals surface area contributed by atoms with E-state index in [2.05, 4.69) is 38.1 Å². The van der Waals surface area contributed by atoms with E-state index in [4.69, 9.17) is 22.0 Å². The van der Waals surface area contributed by atoms with Crippen LogP contribution in [0.5, 0.6) is 0 Å². The van der Waals surface area contributed by atoms with Gasteiger partial charge >= 0.3 is 0 Å². The van der Waals surface area contributed by atoms with Gasteiger partial charge in [-0.05, 0) is 57.8 Å². The maximum Gasteiger partial charge on any atom is 0.223 e. The second-order valence-corrected chi connectivity index (χ2v) is 9.34. The third kappa shape index (κ3) is 5.66. The summed E-state index contributed by atoms with van der Waals surface area (Å²) < 4.78 is 0. The molecule has 9 heteroatoms. The molecule has 32 heavy (non-hydrogen) atoms. The molecule has 0 spiro atoms. The number of hydrogen-bond acceptors (Lipinski definition) is 7. The van der Waals surface area contributed by atoms with Crippen LogP contribution in [0.3, 0.4) is 0 Å². The highest BCUT2D eigenvalue weighted by molar-refractivity contribution is 6.33. The molecule has 172 valence electrons. The zero-order chi connectivity index (χ0) is 22.5. The highest BCUT2D eigenvalue weighted by Gasteiger charge is 2.26. The number of hydrogen-bond donors (Lipinski definition) is 5. The Kier molecular flexibility index (Phi) is 7.42. The van der Waals surface area contributed by atoms with E-state index in [9.17, 15) is 0 Å². The summed E-state index contributed by atoms with van der Waals surface area (Å²) in [6.45, 7) is 2.18.